The predicted octanol–water partition coefficient (Wildman–Crippen LogP) is 4.73. The number of rotatable bonds is 8. The molecule has 1 aliphatic carbocycles. The van der Waals surface area contributed by atoms with Gasteiger partial charge in [-0.3, -0.25) is 4.18 Å². The summed E-state index contributed by atoms with van der Waals surface area (Å²) in [6, 6.07) is 8.48. The Kier molecular flexibility index (Phi) is 8.95. The highest BCUT2D eigenvalue weighted by molar-refractivity contribution is 7.88. The minimum atomic E-state index is -3.45. The van der Waals surface area contributed by atoms with Crippen molar-refractivity contribution in [2.24, 2.45) is 11.8 Å². The van der Waals surface area contributed by atoms with Gasteiger partial charge in [0.25, 0.3) is 10.1 Å². The van der Waals surface area contributed by atoms with Gasteiger partial charge in [-0.2, -0.15) is 8.42 Å². The molecule has 2 unspecified atom stereocenters. The molecule has 1 heterocycles. The van der Waals surface area contributed by atoms with E-state index in [9.17, 15) is 16.8 Å². The molecule has 1 fully saturated rings. The quantitative estimate of drug-likeness (QED) is 0.375. The van der Waals surface area contributed by atoms with Crippen LogP contribution in [0.15, 0.2) is 53.6 Å². The molecular formula is C26H37NO5S2. The first kappa shape index (κ1) is 26.9. The zero-order valence-electron chi connectivity index (χ0n) is 20.6. The lowest BCUT2D eigenvalue weighted by atomic mass is 9.70. The zero-order chi connectivity index (χ0) is 24.9. The normalized spacial score (nSPS) is 24.2. The minimum Gasteiger partial charge on any atom is -0.270 e. The summed E-state index contributed by atoms with van der Waals surface area (Å²) in [6.07, 6.45) is 13.9. The van der Waals surface area contributed by atoms with Crippen LogP contribution in [0, 0.1) is 11.8 Å². The second-order valence-electron chi connectivity index (χ2n) is 9.39. The van der Waals surface area contributed by atoms with Crippen molar-refractivity contribution in [2.75, 3.05) is 32.2 Å². The average Bonchev–Trinajstić information content (AvgIpc) is 2.88. The molecule has 8 heteroatoms. The van der Waals surface area contributed by atoms with E-state index in [4.69, 9.17) is 4.18 Å². The number of sulfonamides is 1. The van der Waals surface area contributed by atoms with E-state index in [1.165, 1.54) is 28.5 Å². The van der Waals surface area contributed by atoms with Crippen LogP contribution in [0.25, 0.3) is 6.08 Å². The fourth-order valence-corrected chi connectivity index (χ4v) is 6.64. The largest absolute Gasteiger partial charge is 0.270 e. The fraction of sp³-hybridized carbons (Fsp3) is 0.538. The average molecular weight is 508 g/mol. The molecule has 0 N–H and O–H groups in total. The highest BCUT2D eigenvalue weighted by Crippen LogP contribution is 2.47. The molecular weight excluding hydrogens is 470 g/mol. The lowest BCUT2D eigenvalue weighted by Crippen LogP contribution is -2.40. The van der Waals surface area contributed by atoms with Crippen LogP contribution in [-0.2, 0) is 24.3 Å². The fourth-order valence-electron chi connectivity index (χ4n) is 5.35. The van der Waals surface area contributed by atoms with E-state index < -0.39 is 20.1 Å². The number of hydrogen-bond acceptors (Lipinski definition) is 5. The Labute approximate surface area is 205 Å². The zero-order valence-corrected chi connectivity index (χ0v) is 22.2. The lowest BCUT2D eigenvalue weighted by Gasteiger charge is -2.38. The Balaban J connectivity index is 1.93. The summed E-state index contributed by atoms with van der Waals surface area (Å²) < 4.78 is 53.4. The van der Waals surface area contributed by atoms with E-state index in [1.807, 2.05) is 19.1 Å². The van der Waals surface area contributed by atoms with Crippen molar-refractivity contribution in [3.8, 4) is 0 Å². The summed E-state index contributed by atoms with van der Waals surface area (Å²) in [6.45, 7) is 5.55. The third-order valence-electron chi connectivity index (χ3n) is 6.92. The second-order valence-corrected chi connectivity index (χ2v) is 13.0. The molecule has 0 bridgehead atoms. The van der Waals surface area contributed by atoms with E-state index in [1.54, 1.807) is 4.31 Å². The van der Waals surface area contributed by atoms with Gasteiger partial charge >= 0.3 is 0 Å². The summed E-state index contributed by atoms with van der Waals surface area (Å²) >= 11 is 0. The maximum Gasteiger partial charge on any atom is 0.264 e. The summed E-state index contributed by atoms with van der Waals surface area (Å²) in [4.78, 5) is 0. The van der Waals surface area contributed by atoms with Gasteiger partial charge in [0.15, 0.2) is 0 Å². The third kappa shape index (κ3) is 6.90. The third-order valence-corrected chi connectivity index (χ3v) is 8.81. The Morgan fingerprint density at radius 3 is 2.38 bits per heavy atom. The molecule has 0 amide bonds. The maximum absolute atomic E-state index is 12.0. The maximum atomic E-state index is 12.0. The van der Waals surface area contributed by atoms with Crippen molar-refractivity contribution in [1.29, 1.82) is 0 Å². The summed E-state index contributed by atoms with van der Waals surface area (Å²) in [5.74, 6) is 0.886. The van der Waals surface area contributed by atoms with E-state index in [2.05, 4.69) is 43.4 Å². The number of piperidine rings is 1. The number of allylic oxidation sites excluding steroid dienone is 5. The molecule has 188 valence electrons. The molecule has 1 aromatic carbocycles. The van der Waals surface area contributed by atoms with Gasteiger partial charge in [0.2, 0.25) is 10.0 Å². The van der Waals surface area contributed by atoms with Crippen LogP contribution >= 0.6 is 0 Å². The van der Waals surface area contributed by atoms with Crippen LogP contribution in [0.4, 0.5) is 0 Å². The van der Waals surface area contributed by atoms with E-state index in [0.717, 1.165) is 25.5 Å². The molecule has 1 aliphatic heterocycles. The lowest BCUT2D eigenvalue weighted by molar-refractivity contribution is 0.223. The first-order chi connectivity index (χ1) is 16.0. The van der Waals surface area contributed by atoms with Crippen molar-refractivity contribution in [1.82, 2.24) is 4.31 Å². The molecule has 0 aromatic heterocycles. The van der Waals surface area contributed by atoms with E-state index >= 15 is 0 Å². The standard InChI is InChI=1S/C26H37NO5S2/c1-5-6-12-24-20(2)26(21-14-16-27(17-15-21)33(3,28)29)25-13-8-7-10-23(25)19-22(24)11-9-18-32-34(4,30)31/h5-8,10,12-13,19-21,26H,9,11,14-18H2,1-4H3/b6-5-,24-12+. The van der Waals surface area contributed by atoms with Crippen LogP contribution in [-0.4, -0.2) is 53.3 Å². The van der Waals surface area contributed by atoms with Gasteiger partial charge in [-0.25, -0.2) is 12.7 Å². The Morgan fingerprint density at radius 2 is 1.76 bits per heavy atom. The predicted molar refractivity (Wildman–Crippen MR) is 138 cm³/mol. The van der Waals surface area contributed by atoms with Gasteiger partial charge < -0.3 is 0 Å². The Morgan fingerprint density at radius 1 is 1.09 bits per heavy atom. The van der Waals surface area contributed by atoms with Crippen LogP contribution in [0.3, 0.4) is 0 Å². The van der Waals surface area contributed by atoms with Crippen LogP contribution in [0.1, 0.15) is 56.6 Å². The minimum absolute atomic E-state index is 0.163. The molecule has 0 radical (unpaired) electrons. The van der Waals surface area contributed by atoms with E-state index in [0.29, 0.717) is 25.4 Å². The van der Waals surface area contributed by atoms with Crippen molar-refractivity contribution >= 4 is 26.2 Å². The van der Waals surface area contributed by atoms with E-state index in [-0.39, 0.29) is 18.4 Å². The molecule has 0 saturated carbocycles. The molecule has 6 nitrogen and oxygen atoms in total. The molecule has 3 rings (SSSR count). The molecule has 34 heavy (non-hydrogen) atoms. The summed E-state index contributed by atoms with van der Waals surface area (Å²) in [5, 5.41) is 0. The Hall–Kier alpha value is -1.74. The number of fused-ring (bicyclic) bond motifs is 1. The van der Waals surface area contributed by atoms with Crippen molar-refractivity contribution in [3.05, 3.63) is 64.8 Å². The Bertz CT molecular complexity index is 1160. The number of benzene rings is 1. The molecule has 2 aliphatic rings. The van der Waals surface area contributed by atoms with Gasteiger partial charge in [0, 0.05) is 13.1 Å². The van der Waals surface area contributed by atoms with Crippen LogP contribution in [0.2, 0.25) is 0 Å². The van der Waals surface area contributed by atoms with Gasteiger partial charge in [0.1, 0.15) is 0 Å². The molecule has 1 saturated heterocycles. The topological polar surface area (TPSA) is 80.8 Å². The second kappa shape index (κ2) is 11.3. The monoisotopic (exact) mass is 507 g/mol. The number of hydrogen-bond donors (Lipinski definition) is 0. The molecule has 1 aromatic rings. The summed E-state index contributed by atoms with van der Waals surface area (Å²) in [7, 11) is -6.62. The first-order valence-electron chi connectivity index (χ1n) is 11.9. The van der Waals surface area contributed by atoms with Crippen molar-refractivity contribution in [2.45, 2.75) is 45.4 Å². The molecule has 2 atom stereocenters. The SMILES string of the molecule is C/C=C\C=C1\C(CCCOS(C)(=O)=O)=Cc2ccccc2C(C2CCN(S(C)(=O)=O)CC2)C1C. The van der Waals surface area contributed by atoms with Crippen molar-refractivity contribution in [3.63, 3.8) is 0 Å². The molecule has 0 spiro atoms. The summed E-state index contributed by atoms with van der Waals surface area (Å²) in [5.41, 5.74) is 4.95. The van der Waals surface area contributed by atoms with Gasteiger partial charge in [-0.05, 0) is 72.6 Å². The van der Waals surface area contributed by atoms with Crippen LogP contribution < -0.4 is 0 Å². The van der Waals surface area contributed by atoms with Crippen molar-refractivity contribution < 1.29 is 21.0 Å². The highest BCUT2D eigenvalue weighted by Gasteiger charge is 2.37. The number of nitrogens with zero attached hydrogens (tertiary/aromatic N) is 1. The van der Waals surface area contributed by atoms with Gasteiger partial charge in [0.05, 0.1) is 19.1 Å². The van der Waals surface area contributed by atoms with Gasteiger partial charge in [-0.15, -0.1) is 0 Å². The van der Waals surface area contributed by atoms with Crippen LogP contribution in [0.5, 0.6) is 0 Å². The van der Waals surface area contributed by atoms with Gasteiger partial charge in [-0.1, -0.05) is 55.5 Å². The first-order valence-corrected chi connectivity index (χ1v) is 15.6. The smallest absolute Gasteiger partial charge is 0.264 e. The highest BCUT2D eigenvalue weighted by atomic mass is 32.2.